The van der Waals surface area contributed by atoms with Gasteiger partial charge in [0.2, 0.25) is 5.82 Å². The topological polar surface area (TPSA) is 78.1 Å². The lowest BCUT2D eigenvalue weighted by Crippen LogP contribution is -1.76. The third-order valence-electron chi connectivity index (χ3n) is 2.01. The Morgan fingerprint density at radius 2 is 2.19 bits per heavy atom. The molecule has 3 aromatic rings. The van der Waals surface area contributed by atoms with Crippen molar-refractivity contribution in [3.05, 3.63) is 30.5 Å². The molecule has 3 aromatic heterocycles. The molecular weight excluding hydrogens is 226 g/mol. The van der Waals surface area contributed by atoms with E-state index in [-0.39, 0.29) is 0 Å². The number of nitrogens with two attached hydrogens (primary N) is 1. The van der Waals surface area contributed by atoms with Crippen LogP contribution in [0.2, 0.25) is 0 Å². The fraction of sp³-hybridized carbons (Fsp3) is 0. The second-order valence-corrected chi connectivity index (χ2v) is 4.22. The van der Waals surface area contributed by atoms with E-state index in [4.69, 9.17) is 14.7 Å². The van der Waals surface area contributed by atoms with Crippen LogP contribution >= 0.6 is 11.3 Å². The van der Waals surface area contributed by atoms with Crippen molar-refractivity contribution in [2.75, 3.05) is 5.73 Å². The number of hydrogen-bond acceptors (Lipinski definition) is 6. The zero-order chi connectivity index (χ0) is 11.0. The summed E-state index contributed by atoms with van der Waals surface area (Å²) in [5.74, 6) is 1.47. The summed E-state index contributed by atoms with van der Waals surface area (Å²) in [5.41, 5.74) is 5.63. The van der Waals surface area contributed by atoms with Gasteiger partial charge in [-0.3, -0.25) is 0 Å². The molecule has 6 heteroatoms. The summed E-state index contributed by atoms with van der Waals surface area (Å²) in [5, 5.41) is 4.55. The van der Waals surface area contributed by atoms with Gasteiger partial charge in [0.15, 0.2) is 5.76 Å². The minimum atomic E-state index is 0.437. The molecule has 0 unspecified atom stereocenters. The Morgan fingerprint density at radius 3 is 2.88 bits per heavy atom. The molecule has 0 amide bonds. The van der Waals surface area contributed by atoms with E-state index in [0.29, 0.717) is 22.5 Å². The molecule has 0 atom stereocenters. The molecule has 0 bridgehead atoms. The van der Waals surface area contributed by atoms with Crippen LogP contribution in [0.5, 0.6) is 0 Å². The Balaban J connectivity index is 2.00. The monoisotopic (exact) mass is 233 g/mol. The first-order valence-electron chi connectivity index (χ1n) is 4.56. The molecular formula is C10H7N3O2S. The van der Waals surface area contributed by atoms with Crippen LogP contribution in [0.1, 0.15) is 0 Å². The van der Waals surface area contributed by atoms with E-state index in [1.807, 2.05) is 6.07 Å². The van der Waals surface area contributed by atoms with E-state index in [2.05, 4.69) is 10.1 Å². The van der Waals surface area contributed by atoms with Crippen LogP contribution in [0.3, 0.4) is 0 Å². The minimum absolute atomic E-state index is 0.437. The zero-order valence-corrected chi connectivity index (χ0v) is 8.90. The van der Waals surface area contributed by atoms with E-state index < -0.39 is 0 Å². The van der Waals surface area contributed by atoms with Crippen LogP contribution in [0.4, 0.5) is 5.00 Å². The van der Waals surface area contributed by atoms with E-state index in [1.165, 1.54) is 11.3 Å². The fourth-order valence-corrected chi connectivity index (χ4v) is 1.99. The molecule has 5 nitrogen and oxygen atoms in total. The molecule has 0 aliphatic heterocycles. The number of nitrogens with zero attached hydrogens (tertiary/aromatic N) is 2. The van der Waals surface area contributed by atoms with Gasteiger partial charge in [-0.05, 0) is 24.3 Å². The summed E-state index contributed by atoms with van der Waals surface area (Å²) in [6, 6.07) is 7.20. The van der Waals surface area contributed by atoms with Gasteiger partial charge in [-0.25, -0.2) is 0 Å². The van der Waals surface area contributed by atoms with Crippen molar-refractivity contribution < 1.29 is 8.94 Å². The summed E-state index contributed by atoms with van der Waals surface area (Å²) in [6.07, 6.45) is 1.56. The second-order valence-electron chi connectivity index (χ2n) is 3.10. The number of hydrogen-bond donors (Lipinski definition) is 1. The third kappa shape index (κ3) is 1.49. The highest BCUT2D eigenvalue weighted by Gasteiger charge is 2.13. The molecule has 3 heterocycles. The number of rotatable bonds is 2. The summed E-state index contributed by atoms with van der Waals surface area (Å²) < 4.78 is 10.3. The van der Waals surface area contributed by atoms with Gasteiger partial charge in [0, 0.05) is 0 Å². The van der Waals surface area contributed by atoms with Crippen LogP contribution < -0.4 is 5.73 Å². The lowest BCUT2D eigenvalue weighted by atomic mass is 10.4. The maximum Gasteiger partial charge on any atom is 0.268 e. The smallest absolute Gasteiger partial charge is 0.268 e. The normalized spacial score (nSPS) is 10.8. The fourth-order valence-electron chi connectivity index (χ4n) is 1.30. The molecule has 0 aliphatic carbocycles. The van der Waals surface area contributed by atoms with Gasteiger partial charge >= 0.3 is 0 Å². The summed E-state index contributed by atoms with van der Waals surface area (Å²) in [4.78, 5) is 5.07. The number of thiophene rings is 1. The van der Waals surface area contributed by atoms with Crippen LogP contribution in [0.15, 0.2) is 39.5 Å². The highest BCUT2D eigenvalue weighted by Crippen LogP contribution is 2.29. The maximum absolute atomic E-state index is 5.63. The average Bonchev–Trinajstić information content (AvgIpc) is 2.97. The largest absolute Gasteiger partial charge is 0.461 e. The first-order valence-corrected chi connectivity index (χ1v) is 5.38. The van der Waals surface area contributed by atoms with Gasteiger partial charge in [0.1, 0.15) is 0 Å². The van der Waals surface area contributed by atoms with Gasteiger partial charge in [-0.1, -0.05) is 5.16 Å². The molecule has 3 rings (SSSR count). The predicted octanol–water partition coefficient (Wildman–Crippen LogP) is 2.64. The van der Waals surface area contributed by atoms with Crippen LogP contribution in [0.25, 0.3) is 22.4 Å². The predicted molar refractivity (Wildman–Crippen MR) is 59.7 cm³/mol. The maximum atomic E-state index is 5.63. The molecule has 0 radical (unpaired) electrons. The quantitative estimate of drug-likeness (QED) is 0.736. The average molecular weight is 233 g/mol. The summed E-state index contributed by atoms with van der Waals surface area (Å²) in [7, 11) is 0. The molecule has 0 aliphatic rings. The van der Waals surface area contributed by atoms with Crippen molar-refractivity contribution in [1.29, 1.82) is 0 Å². The summed E-state index contributed by atoms with van der Waals surface area (Å²) >= 11 is 1.40. The van der Waals surface area contributed by atoms with Gasteiger partial charge in [0.05, 0.1) is 16.1 Å². The van der Waals surface area contributed by atoms with Crippen LogP contribution in [0, 0.1) is 0 Å². The van der Waals surface area contributed by atoms with Crippen molar-refractivity contribution in [2.45, 2.75) is 0 Å². The lowest BCUT2D eigenvalue weighted by molar-refractivity contribution is 0.430. The van der Waals surface area contributed by atoms with Gasteiger partial charge in [-0.15, -0.1) is 11.3 Å². The number of nitrogen functional groups attached to an aromatic ring is 1. The second kappa shape index (κ2) is 3.49. The van der Waals surface area contributed by atoms with Crippen molar-refractivity contribution in [1.82, 2.24) is 10.1 Å². The van der Waals surface area contributed by atoms with Crippen LogP contribution in [-0.2, 0) is 0 Å². The van der Waals surface area contributed by atoms with Gasteiger partial charge in [-0.2, -0.15) is 4.98 Å². The summed E-state index contributed by atoms with van der Waals surface area (Å²) in [6.45, 7) is 0. The van der Waals surface area contributed by atoms with E-state index in [9.17, 15) is 0 Å². The highest BCUT2D eigenvalue weighted by molar-refractivity contribution is 7.19. The van der Waals surface area contributed by atoms with Gasteiger partial charge < -0.3 is 14.7 Å². The molecule has 2 N–H and O–H groups in total. The Bertz CT molecular complexity index is 597. The molecule has 80 valence electrons. The van der Waals surface area contributed by atoms with E-state index in [0.717, 1.165) is 4.88 Å². The SMILES string of the molecule is Nc1ccc(-c2nc(-c3ccco3)no2)s1. The first-order chi connectivity index (χ1) is 7.83. The zero-order valence-electron chi connectivity index (χ0n) is 8.08. The Labute approximate surface area is 94.5 Å². The molecule has 16 heavy (non-hydrogen) atoms. The first kappa shape index (κ1) is 9.17. The van der Waals surface area contributed by atoms with E-state index >= 15 is 0 Å². The third-order valence-corrected chi connectivity index (χ3v) is 2.91. The number of anilines is 1. The van der Waals surface area contributed by atoms with Crippen molar-refractivity contribution in [3.8, 4) is 22.4 Å². The van der Waals surface area contributed by atoms with Crippen molar-refractivity contribution in [2.24, 2.45) is 0 Å². The number of aromatic nitrogens is 2. The number of furan rings is 1. The molecule has 0 saturated heterocycles. The van der Waals surface area contributed by atoms with E-state index in [1.54, 1.807) is 24.5 Å². The standard InChI is InChI=1S/C10H7N3O2S/c11-8-4-3-7(16-8)10-12-9(13-15-10)6-2-1-5-14-6/h1-5H,11H2. The highest BCUT2D eigenvalue weighted by atomic mass is 32.1. The Kier molecular flexibility index (Phi) is 2.00. The molecule has 0 spiro atoms. The Morgan fingerprint density at radius 1 is 1.25 bits per heavy atom. The lowest BCUT2D eigenvalue weighted by Gasteiger charge is -1.84. The molecule has 0 saturated carbocycles. The molecule has 0 aromatic carbocycles. The van der Waals surface area contributed by atoms with Crippen molar-refractivity contribution >= 4 is 16.3 Å². The van der Waals surface area contributed by atoms with Crippen LogP contribution in [-0.4, -0.2) is 10.1 Å². The Hall–Kier alpha value is -2.08. The van der Waals surface area contributed by atoms with Crippen molar-refractivity contribution in [3.63, 3.8) is 0 Å². The van der Waals surface area contributed by atoms with Gasteiger partial charge in [0.25, 0.3) is 5.89 Å². The molecule has 0 fully saturated rings. The minimum Gasteiger partial charge on any atom is -0.461 e.